The van der Waals surface area contributed by atoms with Crippen molar-refractivity contribution in [1.82, 2.24) is 15.4 Å². The number of nitrogens with one attached hydrogen (secondary N) is 3. The van der Waals surface area contributed by atoms with E-state index in [0.717, 1.165) is 31.6 Å². The van der Waals surface area contributed by atoms with Gasteiger partial charge in [0.25, 0.3) is 0 Å². The molecule has 1 aliphatic rings. The maximum atomic E-state index is 13.1. The summed E-state index contributed by atoms with van der Waals surface area (Å²) in [6.45, 7) is 3.80. The molecule has 0 spiro atoms. The molecule has 0 heterocycles. The predicted molar refractivity (Wildman–Crippen MR) is 108 cm³/mol. The van der Waals surface area contributed by atoms with E-state index in [-0.39, 0.29) is 5.41 Å². The standard InChI is InChI=1S/C19H29F3N4O2S/c1-3-23-17(24-11-6-12-26-29(2,27)28)25-14-18(9-5-10-18)15-7-4-8-16(13-15)19(20,21)22/h4,7-8,13,26H,3,5-6,9-12,14H2,1-2H3,(H2,23,24,25). The quantitative estimate of drug-likeness (QED) is 0.317. The molecule has 2 rings (SSSR count). The van der Waals surface area contributed by atoms with Gasteiger partial charge in [-0.3, -0.25) is 4.99 Å². The molecule has 1 aromatic rings. The summed E-state index contributed by atoms with van der Waals surface area (Å²) in [4.78, 5) is 4.60. The fourth-order valence-electron chi connectivity index (χ4n) is 3.29. The lowest BCUT2D eigenvalue weighted by atomic mass is 9.64. The van der Waals surface area contributed by atoms with Crippen LogP contribution in [0.15, 0.2) is 29.3 Å². The van der Waals surface area contributed by atoms with Gasteiger partial charge in [0.05, 0.1) is 18.4 Å². The Morgan fingerprint density at radius 2 is 1.93 bits per heavy atom. The van der Waals surface area contributed by atoms with Crippen LogP contribution in [0, 0.1) is 0 Å². The number of sulfonamides is 1. The number of alkyl halides is 3. The summed E-state index contributed by atoms with van der Waals surface area (Å²) in [5, 5.41) is 6.26. The van der Waals surface area contributed by atoms with E-state index in [4.69, 9.17) is 0 Å². The Bertz CT molecular complexity index is 806. The number of benzene rings is 1. The van der Waals surface area contributed by atoms with E-state index in [1.165, 1.54) is 12.1 Å². The molecule has 0 unspecified atom stereocenters. The van der Waals surface area contributed by atoms with Crippen molar-refractivity contribution in [2.75, 3.05) is 32.4 Å². The minimum Gasteiger partial charge on any atom is -0.357 e. The van der Waals surface area contributed by atoms with Crippen LogP contribution in [0.2, 0.25) is 0 Å². The van der Waals surface area contributed by atoms with Crippen LogP contribution in [0.25, 0.3) is 0 Å². The highest BCUT2D eigenvalue weighted by Crippen LogP contribution is 2.45. The molecule has 0 atom stereocenters. The highest BCUT2D eigenvalue weighted by molar-refractivity contribution is 7.88. The number of rotatable bonds is 9. The number of guanidine groups is 1. The Hall–Kier alpha value is -1.81. The number of hydrogen-bond donors (Lipinski definition) is 3. The lowest BCUT2D eigenvalue weighted by molar-refractivity contribution is -0.137. The second-order valence-electron chi connectivity index (χ2n) is 7.35. The first kappa shape index (κ1) is 23.5. The van der Waals surface area contributed by atoms with Gasteiger partial charge in [0.1, 0.15) is 0 Å². The van der Waals surface area contributed by atoms with Crippen molar-refractivity contribution in [1.29, 1.82) is 0 Å². The molecular formula is C19H29F3N4O2S. The number of halogens is 3. The number of aliphatic imine (C=N–C) groups is 1. The van der Waals surface area contributed by atoms with Crippen molar-refractivity contribution in [3.63, 3.8) is 0 Å². The van der Waals surface area contributed by atoms with Gasteiger partial charge in [0.15, 0.2) is 5.96 Å². The van der Waals surface area contributed by atoms with Crippen molar-refractivity contribution in [3.05, 3.63) is 35.4 Å². The molecular weight excluding hydrogens is 405 g/mol. The van der Waals surface area contributed by atoms with Crippen molar-refractivity contribution >= 4 is 16.0 Å². The molecule has 0 saturated heterocycles. The van der Waals surface area contributed by atoms with Crippen LogP contribution >= 0.6 is 0 Å². The highest BCUT2D eigenvalue weighted by Gasteiger charge is 2.40. The number of nitrogens with zero attached hydrogens (tertiary/aromatic N) is 1. The van der Waals surface area contributed by atoms with Crippen LogP contribution in [-0.2, 0) is 21.6 Å². The van der Waals surface area contributed by atoms with Gasteiger partial charge >= 0.3 is 6.18 Å². The van der Waals surface area contributed by atoms with Crippen LogP contribution in [0.5, 0.6) is 0 Å². The minimum atomic E-state index is -4.36. The molecule has 6 nitrogen and oxygen atoms in total. The highest BCUT2D eigenvalue weighted by atomic mass is 32.2. The van der Waals surface area contributed by atoms with Crippen LogP contribution < -0.4 is 15.4 Å². The van der Waals surface area contributed by atoms with Gasteiger partial charge in [-0.25, -0.2) is 13.1 Å². The number of hydrogen-bond acceptors (Lipinski definition) is 3. The molecule has 29 heavy (non-hydrogen) atoms. The van der Waals surface area contributed by atoms with E-state index < -0.39 is 21.8 Å². The summed E-state index contributed by atoms with van der Waals surface area (Å²) in [6, 6.07) is 5.54. The fourth-order valence-corrected chi connectivity index (χ4v) is 3.81. The van der Waals surface area contributed by atoms with E-state index in [9.17, 15) is 21.6 Å². The Morgan fingerprint density at radius 3 is 2.48 bits per heavy atom. The van der Waals surface area contributed by atoms with Gasteiger partial charge in [-0.2, -0.15) is 13.2 Å². The molecule has 0 radical (unpaired) electrons. The summed E-state index contributed by atoms with van der Waals surface area (Å²) in [6.07, 6.45) is -0.105. The molecule has 3 N–H and O–H groups in total. The molecule has 0 aromatic heterocycles. The zero-order valence-electron chi connectivity index (χ0n) is 16.8. The first-order chi connectivity index (χ1) is 13.6. The van der Waals surface area contributed by atoms with Crippen molar-refractivity contribution < 1.29 is 21.6 Å². The topological polar surface area (TPSA) is 82.6 Å². The molecule has 0 bridgehead atoms. The van der Waals surface area contributed by atoms with Crippen molar-refractivity contribution in [2.45, 2.75) is 44.2 Å². The lowest BCUT2D eigenvalue weighted by Crippen LogP contribution is -2.42. The van der Waals surface area contributed by atoms with E-state index >= 15 is 0 Å². The Balaban J connectivity index is 2.02. The third-order valence-corrected chi connectivity index (χ3v) is 5.74. The smallest absolute Gasteiger partial charge is 0.357 e. The maximum Gasteiger partial charge on any atom is 0.416 e. The molecule has 0 aliphatic heterocycles. The first-order valence-corrected chi connectivity index (χ1v) is 11.6. The molecule has 0 amide bonds. The Morgan fingerprint density at radius 1 is 1.21 bits per heavy atom. The Kier molecular flexibility index (Phi) is 7.93. The summed E-state index contributed by atoms with van der Waals surface area (Å²) in [5.74, 6) is 0.574. The second kappa shape index (κ2) is 9.80. The van der Waals surface area contributed by atoms with Gasteiger partial charge in [-0.15, -0.1) is 0 Å². The van der Waals surface area contributed by atoms with E-state index in [1.54, 1.807) is 6.07 Å². The average Bonchev–Trinajstić information content (AvgIpc) is 2.59. The van der Waals surface area contributed by atoms with Crippen LogP contribution in [0.3, 0.4) is 0 Å². The van der Waals surface area contributed by atoms with Gasteiger partial charge in [-0.1, -0.05) is 24.6 Å². The zero-order chi connectivity index (χ0) is 21.5. The van der Waals surface area contributed by atoms with E-state index in [0.29, 0.717) is 44.1 Å². The molecule has 1 fully saturated rings. The summed E-state index contributed by atoms with van der Waals surface area (Å²) >= 11 is 0. The lowest BCUT2D eigenvalue weighted by Gasteiger charge is -2.41. The third kappa shape index (κ3) is 7.18. The van der Waals surface area contributed by atoms with Crippen LogP contribution in [0.4, 0.5) is 13.2 Å². The second-order valence-corrected chi connectivity index (χ2v) is 9.19. The van der Waals surface area contributed by atoms with Crippen LogP contribution in [-0.4, -0.2) is 46.8 Å². The van der Waals surface area contributed by atoms with E-state index in [1.807, 2.05) is 6.92 Å². The SMILES string of the molecule is CCNC(=NCC1(c2cccc(C(F)(F)F)c2)CCC1)NCCCNS(C)(=O)=O. The Labute approximate surface area is 170 Å². The van der Waals surface area contributed by atoms with Crippen LogP contribution in [0.1, 0.15) is 43.7 Å². The normalized spacial score (nSPS) is 16.9. The molecule has 164 valence electrons. The minimum absolute atomic E-state index is 0.319. The third-order valence-electron chi connectivity index (χ3n) is 5.01. The molecule has 1 aromatic carbocycles. The first-order valence-electron chi connectivity index (χ1n) is 9.70. The van der Waals surface area contributed by atoms with E-state index in [2.05, 4.69) is 20.3 Å². The summed E-state index contributed by atoms with van der Waals surface area (Å²) in [5.41, 5.74) is -0.328. The predicted octanol–water partition coefficient (Wildman–Crippen LogP) is 2.62. The average molecular weight is 435 g/mol. The largest absolute Gasteiger partial charge is 0.416 e. The molecule has 10 heteroatoms. The molecule has 1 aliphatic carbocycles. The van der Waals surface area contributed by atoms with Gasteiger partial charge in [0, 0.05) is 25.0 Å². The van der Waals surface area contributed by atoms with Crippen molar-refractivity contribution in [3.8, 4) is 0 Å². The fraction of sp³-hybridized carbons (Fsp3) is 0.632. The maximum absolute atomic E-state index is 13.1. The molecule has 1 saturated carbocycles. The zero-order valence-corrected chi connectivity index (χ0v) is 17.6. The summed E-state index contributed by atoms with van der Waals surface area (Å²) < 4.78 is 63.8. The van der Waals surface area contributed by atoms with Gasteiger partial charge in [0.2, 0.25) is 10.0 Å². The van der Waals surface area contributed by atoms with Gasteiger partial charge in [-0.05, 0) is 37.8 Å². The monoisotopic (exact) mass is 434 g/mol. The summed E-state index contributed by atoms with van der Waals surface area (Å²) in [7, 11) is -3.21. The van der Waals surface area contributed by atoms with Crippen molar-refractivity contribution in [2.24, 2.45) is 4.99 Å². The van der Waals surface area contributed by atoms with Gasteiger partial charge < -0.3 is 10.6 Å².